The minimum absolute atomic E-state index is 0.00168. The Morgan fingerprint density at radius 1 is 1.12 bits per heavy atom. The molecule has 1 atom stereocenters. The summed E-state index contributed by atoms with van der Waals surface area (Å²) in [6.07, 6.45) is 7.83. The van der Waals surface area contributed by atoms with E-state index in [2.05, 4.69) is 18.2 Å². The van der Waals surface area contributed by atoms with E-state index in [4.69, 9.17) is 16.7 Å². The van der Waals surface area contributed by atoms with Crippen molar-refractivity contribution in [1.29, 1.82) is 0 Å². The fraction of sp³-hybridized carbons (Fsp3) is 0.519. The lowest BCUT2D eigenvalue weighted by molar-refractivity contribution is -0.142. The van der Waals surface area contributed by atoms with Crippen molar-refractivity contribution in [2.45, 2.75) is 58.0 Å². The van der Waals surface area contributed by atoms with Crippen LogP contribution in [0.2, 0.25) is 5.02 Å². The smallest absolute Gasteiger partial charge is 0.275 e. The number of carbonyl (C=O) groups is 2. The van der Waals surface area contributed by atoms with Crippen LogP contribution in [0.4, 0.5) is 0 Å². The van der Waals surface area contributed by atoms with Crippen LogP contribution in [0.15, 0.2) is 36.9 Å². The summed E-state index contributed by atoms with van der Waals surface area (Å²) in [5.41, 5.74) is 4.06. The Balaban J connectivity index is 1.30. The Labute approximate surface area is 205 Å². The van der Waals surface area contributed by atoms with Gasteiger partial charge in [-0.2, -0.15) is 5.10 Å². The average molecular weight is 479 g/mol. The maximum absolute atomic E-state index is 14.0. The molecule has 0 radical (unpaired) electrons. The van der Waals surface area contributed by atoms with Gasteiger partial charge in [0.05, 0.1) is 0 Å². The van der Waals surface area contributed by atoms with Gasteiger partial charge in [0.1, 0.15) is 0 Å². The lowest BCUT2D eigenvalue weighted by atomic mass is 9.69. The molecular formula is C27H31ClN4O2. The fourth-order valence-corrected chi connectivity index (χ4v) is 6.77. The number of rotatable bonds is 3. The topological polar surface area (TPSA) is 58.4 Å². The van der Waals surface area contributed by atoms with Crippen LogP contribution in [-0.4, -0.2) is 57.1 Å². The van der Waals surface area contributed by atoms with Crippen molar-refractivity contribution in [2.24, 2.45) is 10.8 Å². The Morgan fingerprint density at radius 3 is 2.53 bits per heavy atom. The molecule has 2 saturated heterocycles. The van der Waals surface area contributed by atoms with Crippen LogP contribution in [0.1, 0.15) is 55.2 Å². The molecule has 3 aliphatic heterocycles. The number of halogens is 1. The molecule has 6 rings (SSSR count). The van der Waals surface area contributed by atoms with Crippen LogP contribution in [0.3, 0.4) is 0 Å². The van der Waals surface area contributed by atoms with Gasteiger partial charge in [-0.3, -0.25) is 14.3 Å². The monoisotopic (exact) mass is 478 g/mol. The van der Waals surface area contributed by atoms with Gasteiger partial charge in [-0.25, -0.2) is 0 Å². The summed E-state index contributed by atoms with van der Waals surface area (Å²) < 4.78 is 2.07. The summed E-state index contributed by atoms with van der Waals surface area (Å²) in [6.45, 7) is 8.80. The van der Waals surface area contributed by atoms with Gasteiger partial charge in [0.15, 0.2) is 5.69 Å². The molecule has 4 aliphatic rings. The first-order valence-corrected chi connectivity index (χ1v) is 12.8. The molecule has 1 saturated carbocycles. The number of carbonyl (C=O) groups excluding carboxylic acids is 2. The largest absolute Gasteiger partial charge is 0.338 e. The Bertz CT molecular complexity index is 1190. The second kappa shape index (κ2) is 7.70. The highest BCUT2D eigenvalue weighted by molar-refractivity contribution is 6.33. The van der Waals surface area contributed by atoms with Crippen molar-refractivity contribution in [1.82, 2.24) is 19.6 Å². The van der Waals surface area contributed by atoms with Gasteiger partial charge in [0, 0.05) is 59.5 Å². The highest BCUT2D eigenvalue weighted by atomic mass is 35.5. The van der Waals surface area contributed by atoms with Gasteiger partial charge < -0.3 is 9.80 Å². The summed E-state index contributed by atoms with van der Waals surface area (Å²) in [6, 6.07) is 7.91. The molecule has 0 N–H and O–H groups in total. The molecule has 2 aromatic rings. The van der Waals surface area contributed by atoms with E-state index in [1.54, 1.807) is 0 Å². The molecule has 0 bridgehead atoms. The normalized spacial score (nSPS) is 24.0. The summed E-state index contributed by atoms with van der Waals surface area (Å²) in [5.74, 6) is 0.000514. The van der Waals surface area contributed by atoms with Crippen LogP contribution >= 0.6 is 11.6 Å². The highest BCUT2D eigenvalue weighted by Gasteiger charge is 2.50. The highest BCUT2D eigenvalue weighted by Crippen LogP contribution is 2.55. The van der Waals surface area contributed by atoms with Crippen LogP contribution in [0.25, 0.3) is 11.1 Å². The van der Waals surface area contributed by atoms with Crippen molar-refractivity contribution < 1.29 is 9.59 Å². The lowest BCUT2D eigenvalue weighted by Gasteiger charge is -2.55. The van der Waals surface area contributed by atoms with Gasteiger partial charge in [0.25, 0.3) is 5.91 Å². The molecule has 4 heterocycles. The number of amides is 2. The van der Waals surface area contributed by atoms with Crippen LogP contribution in [0.5, 0.6) is 0 Å². The number of hydrogen-bond acceptors (Lipinski definition) is 3. The molecule has 2 spiro atoms. The van der Waals surface area contributed by atoms with Gasteiger partial charge in [-0.15, -0.1) is 0 Å². The Morgan fingerprint density at radius 2 is 1.85 bits per heavy atom. The van der Waals surface area contributed by atoms with E-state index >= 15 is 0 Å². The SMILES string of the molecule is C=CC(=O)N1CC2(CCN(C(=O)c3nn4c(c3-c3ccccc3Cl)CC3(CC4)CC3)[C@@H](C)C2)C1. The minimum Gasteiger partial charge on any atom is -0.338 e. The third-order valence-corrected chi connectivity index (χ3v) is 9.03. The van der Waals surface area contributed by atoms with Crippen molar-refractivity contribution in [3.05, 3.63) is 53.3 Å². The number of nitrogens with zero attached hydrogens (tertiary/aromatic N) is 4. The number of hydrogen-bond donors (Lipinski definition) is 0. The number of fused-ring (bicyclic) bond motifs is 1. The fourth-order valence-electron chi connectivity index (χ4n) is 6.54. The van der Waals surface area contributed by atoms with E-state index < -0.39 is 0 Å². The van der Waals surface area contributed by atoms with E-state index in [1.807, 2.05) is 34.1 Å². The number of benzene rings is 1. The van der Waals surface area contributed by atoms with E-state index in [-0.39, 0.29) is 23.3 Å². The van der Waals surface area contributed by atoms with Crippen LogP contribution in [-0.2, 0) is 17.8 Å². The molecule has 2 amide bonds. The van der Waals surface area contributed by atoms with Crippen molar-refractivity contribution in [3.8, 4) is 11.1 Å². The molecule has 0 unspecified atom stereocenters. The number of likely N-dealkylation sites (tertiary alicyclic amines) is 2. The summed E-state index contributed by atoms with van der Waals surface area (Å²) in [4.78, 5) is 29.7. The van der Waals surface area contributed by atoms with Gasteiger partial charge >= 0.3 is 0 Å². The minimum atomic E-state index is -0.00168. The molecule has 7 heteroatoms. The summed E-state index contributed by atoms with van der Waals surface area (Å²) in [7, 11) is 0. The zero-order valence-electron chi connectivity index (χ0n) is 19.7. The van der Waals surface area contributed by atoms with E-state index in [9.17, 15) is 9.59 Å². The molecule has 6 nitrogen and oxygen atoms in total. The third kappa shape index (κ3) is 3.41. The van der Waals surface area contributed by atoms with Gasteiger partial charge in [-0.1, -0.05) is 36.4 Å². The molecule has 34 heavy (non-hydrogen) atoms. The molecule has 1 aromatic carbocycles. The molecular weight excluding hydrogens is 448 g/mol. The second-order valence-electron chi connectivity index (χ2n) is 11.0. The lowest BCUT2D eigenvalue weighted by Crippen LogP contribution is -2.63. The molecule has 178 valence electrons. The average Bonchev–Trinajstić information content (AvgIpc) is 3.46. The second-order valence-corrected chi connectivity index (χ2v) is 11.4. The zero-order valence-corrected chi connectivity index (χ0v) is 20.5. The van der Waals surface area contributed by atoms with E-state index in [1.165, 1.54) is 24.6 Å². The number of aryl methyl sites for hydroxylation is 1. The maximum atomic E-state index is 14.0. The number of piperidine rings is 1. The maximum Gasteiger partial charge on any atom is 0.275 e. The van der Waals surface area contributed by atoms with Crippen LogP contribution in [0, 0.1) is 10.8 Å². The molecule has 1 aliphatic carbocycles. The first kappa shape index (κ1) is 21.9. The molecule has 1 aromatic heterocycles. The van der Waals surface area contributed by atoms with Crippen molar-refractivity contribution >= 4 is 23.4 Å². The third-order valence-electron chi connectivity index (χ3n) is 8.70. The summed E-state index contributed by atoms with van der Waals surface area (Å²) >= 11 is 6.65. The molecule has 3 fully saturated rings. The Hall–Kier alpha value is -2.60. The predicted molar refractivity (Wildman–Crippen MR) is 132 cm³/mol. The van der Waals surface area contributed by atoms with E-state index in [0.717, 1.165) is 56.4 Å². The quantitative estimate of drug-likeness (QED) is 0.607. The first-order valence-electron chi connectivity index (χ1n) is 12.4. The predicted octanol–water partition coefficient (Wildman–Crippen LogP) is 4.57. The standard InChI is InChI=1S/C27H31ClN4O2/c1-3-22(33)30-16-27(17-30)10-12-31(18(2)14-27)25(34)24-23(19-6-4-5-7-20(19)28)21-15-26(8-9-26)11-13-32(21)29-24/h3-7,18H,1,8-17H2,2H3/t18-/m0/s1. The van der Waals surface area contributed by atoms with Gasteiger partial charge in [0.2, 0.25) is 5.91 Å². The van der Waals surface area contributed by atoms with Crippen LogP contribution < -0.4 is 0 Å². The van der Waals surface area contributed by atoms with E-state index in [0.29, 0.717) is 22.7 Å². The van der Waals surface area contributed by atoms with Gasteiger partial charge in [-0.05, 0) is 63.0 Å². The first-order chi connectivity index (χ1) is 16.3. The summed E-state index contributed by atoms with van der Waals surface area (Å²) in [5, 5.41) is 5.55. The number of aromatic nitrogens is 2. The zero-order chi connectivity index (χ0) is 23.7. The van der Waals surface area contributed by atoms with Crippen molar-refractivity contribution in [2.75, 3.05) is 19.6 Å². The Kier molecular flexibility index (Phi) is 4.96. The van der Waals surface area contributed by atoms with Crippen molar-refractivity contribution in [3.63, 3.8) is 0 Å².